The van der Waals surface area contributed by atoms with Gasteiger partial charge in [-0.15, -0.1) is 0 Å². The lowest BCUT2D eigenvalue weighted by Gasteiger charge is -2.03. The molecule has 2 aromatic carbocycles. The molecule has 0 spiro atoms. The van der Waals surface area contributed by atoms with Crippen LogP contribution in [0.2, 0.25) is 0 Å². The van der Waals surface area contributed by atoms with Gasteiger partial charge in [0.2, 0.25) is 0 Å². The Balaban J connectivity index is 2.17. The summed E-state index contributed by atoms with van der Waals surface area (Å²) >= 11 is 0. The van der Waals surface area contributed by atoms with Crippen molar-refractivity contribution in [2.75, 3.05) is 7.11 Å². The van der Waals surface area contributed by atoms with Crippen LogP contribution in [0.25, 0.3) is 22.3 Å². The highest BCUT2D eigenvalue weighted by Gasteiger charge is 2.19. The van der Waals surface area contributed by atoms with E-state index in [-0.39, 0.29) is 17.2 Å². The van der Waals surface area contributed by atoms with Crippen molar-refractivity contribution in [1.82, 2.24) is 0 Å². The fourth-order valence-electron chi connectivity index (χ4n) is 2.15. The molecule has 0 atom stereocenters. The number of phenols is 3. The fraction of sp³-hybridized carbons (Fsp3) is 0.0625. The third kappa shape index (κ3) is 2.29. The first-order chi connectivity index (χ1) is 10.1. The average molecular weight is 285 g/mol. The molecule has 106 valence electrons. The third-order valence-electron chi connectivity index (χ3n) is 3.19. The van der Waals surface area contributed by atoms with Crippen LogP contribution in [0, 0.1) is 0 Å². The SMILES string of the molecule is COc1cc(-c2ccc3c(O)cc(O)cc3[o+]2)ccc1O. The van der Waals surface area contributed by atoms with Crippen LogP contribution in [0.15, 0.2) is 46.9 Å². The van der Waals surface area contributed by atoms with Crippen molar-refractivity contribution in [2.45, 2.75) is 0 Å². The smallest absolute Gasteiger partial charge is 0.368 e. The van der Waals surface area contributed by atoms with Crippen molar-refractivity contribution in [3.8, 4) is 34.3 Å². The molecular formula is C16H13O5+. The highest BCUT2D eigenvalue weighted by atomic mass is 16.5. The van der Waals surface area contributed by atoms with Gasteiger partial charge in [-0.3, -0.25) is 0 Å². The van der Waals surface area contributed by atoms with E-state index in [9.17, 15) is 15.3 Å². The summed E-state index contributed by atoms with van der Waals surface area (Å²) in [6.07, 6.45) is 0. The Labute approximate surface area is 120 Å². The Morgan fingerprint density at radius 1 is 0.905 bits per heavy atom. The van der Waals surface area contributed by atoms with E-state index in [1.807, 2.05) is 0 Å². The highest BCUT2D eigenvalue weighted by Crippen LogP contribution is 2.35. The van der Waals surface area contributed by atoms with Crippen LogP contribution >= 0.6 is 0 Å². The average Bonchev–Trinajstić information content (AvgIpc) is 2.47. The lowest BCUT2D eigenvalue weighted by Crippen LogP contribution is -1.85. The summed E-state index contributed by atoms with van der Waals surface area (Å²) in [5.41, 5.74) is 1.06. The minimum absolute atomic E-state index is 0.0392. The molecule has 0 saturated carbocycles. The first-order valence-electron chi connectivity index (χ1n) is 6.24. The van der Waals surface area contributed by atoms with Crippen LogP contribution in [0.5, 0.6) is 23.0 Å². The number of hydrogen-bond acceptors (Lipinski definition) is 4. The molecule has 1 heterocycles. The first-order valence-corrected chi connectivity index (χ1v) is 6.24. The molecule has 3 N–H and O–H groups in total. The molecule has 0 bridgehead atoms. The minimum atomic E-state index is -0.0795. The largest absolute Gasteiger partial charge is 0.507 e. The van der Waals surface area contributed by atoms with E-state index in [0.717, 1.165) is 0 Å². The Kier molecular flexibility index (Phi) is 3.02. The molecular weight excluding hydrogens is 272 g/mol. The van der Waals surface area contributed by atoms with Crippen LogP contribution in [-0.4, -0.2) is 22.4 Å². The lowest BCUT2D eigenvalue weighted by molar-refractivity contribution is 0.373. The van der Waals surface area contributed by atoms with Gasteiger partial charge in [-0.1, -0.05) is 0 Å². The van der Waals surface area contributed by atoms with Gasteiger partial charge in [0.25, 0.3) is 0 Å². The predicted molar refractivity (Wildman–Crippen MR) is 77.6 cm³/mol. The van der Waals surface area contributed by atoms with E-state index in [1.54, 1.807) is 24.3 Å². The number of phenolic OH excluding ortho intramolecular Hbond substituents is 3. The number of aromatic hydroxyl groups is 3. The summed E-state index contributed by atoms with van der Waals surface area (Å²) in [5.74, 6) is 0.762. The fourth-order valence-corrected chi connectivity index (χ4v) is 2.15. The first kappa shape index (κ1) is 13.1. The second-order valence-corrected chi connectivity index (χ2v) is 4.56. The standard InChI is InChI=1S/C16H12O5/c1-20-16-6-9(2-4-12(16)18)14-5-3-11-13(19)7-10(17)8-15(11)21-14/h2-8H,1H3,(H2-,17,18,19)/p+1. The molecule has 0 aliphatic rings. The second kappa shape index (κ2) is 4.86. The summed E-state index contributed by atoms with van der Waals surface area (Å²) in [6.45, 7) is 0. The van der Waals surface area contributed by atoms with Gasteiger partial charge in [0.15, 0.2) is 11.5 Å². The number of hydrogen-bond donors (Lipinski definition) is 3. The van der Waals surface area contributed by atoms with Gasteiger partial charge in [-0.05, 0) is 18.2 Å². The van der Waals surface area contributed by atoms with Crippen LogP contribution in [-0.2, 0) is 0 Å². The molecule has 0 aliphatic heterocycles. The summed E-state index contributed by atoms with van der Waals surface area (Å²) in [6, 6.07) is 10.9. The molecule has 5 heteroatoms. The summed E-state index contributed by atoms with van der Waals surface area (Å²) in [4.78, 5) is 0. The van der Waals surface area contributed by atoms with Gasteiger partial charge >= 0.3 is 11.3 Å². The van der Waals surface area contributed by atoms with Crippen LogP contribution in [0.3, 0.4) is 0 Å². The van der Waals surface area contributed by atoms with Crippen molar-refractivity contribution in [1.29, 1.82) is 0 Å². The minimum Gasteiger partial charge on any atom is -0.507 e. The zero-order chi connectivity index (χ0) is 15.0. The molecule has 21 heavy (non-hydrogen) atoms. The van der Waals surface area contributed by atoms with Gasteiger partial charge in [-0.25, -0.2) is 4.42 Å². The predicted octanol–water partition coefficient (Wildman–Crippen LogP) is 3.51. The van der Waals surface area contributed by atoms with Crippen LogP contribution in [0.1, 0.15) is 0 Å². The molecule has 0 radical (unpaired) electrons. The van der Waals surface area contributed by atoms with E-state index in [0.29, 0.717) is 28.0 Å². The molecule has 0 saturated heterocycles. The van der Waals surface area contributed by atoms with Gasteiger partial charge in [-0.2, -0.15) is 0 Å². The van der Waals surface area contributed by atoms with Crippen molar-refractivity contribution >= 4 is 11.0 Å². The number of fused-ring (bicyclic) bond motifs is 1. The van der Waals surface area contributed by atoms with Crippen molar-refractivity contribution in [2.24, 2.45) is 0 Å². The molecule has 3 aromatic rings. The summed E-state index contributed by atoms with van der Waals surface area (Å²) in [5, 5.41) is 29.4. The highest BCUT2D eigenvalue weighted by molar-refractivity contribution is 5.86. The van der Waals surface area contributed by atoms with Gasteiger partial charge in [0.05, 0.1) is 18.7 Å². The molecule has 0 unspecified atom stereocenters. The number of methoxy groups -OCH3 is 1. The van der Waals surface area contributed by atoms with Gasteiger partial charge in [0.1, 0.15) is 16.9 Å². The van der Waals surface area contributed by atoms with E-state index in [2.05, 4.69) is 0 Å². The third-order valence-corrected chi connectivity index (χ3v) is 3.19. The molecule has 3 rings (SSSR count). The molecule has 0 aliphatic carbocycles. The van der Waals surface area contributed by atoms with E-state index < -0.39 is 0 Å². The second-order valence-electron chi connectivity index (χ2n) is 4.56. The zero-order valence-electron chi connectivity index (χ0n) is 11.2. The quantitative estimate of drug-likeness (QED) is 0.628. The Morgan fingerprint density at radius 3 is 2.48 bits per heavy atom. The molecule has 0 fully saturated rings. The summed E-state index contributed by atoms with van der Waals surface area (Å²) < 4.78 is 10.8. The normalized spacial score (nSPS) is 10.7. The van der Waals surface area contributed by atoms with Crippen molar-refractivity contribution in [3.05, 3.63) is 42.5 Å². The van der Waals surface area contributed by atoms with Gasteiger partial charge < -0.3 is 20.1 Å². The van der Waals surface area contributed by atoms with E-state index in [4.69, 9.17) is 9.15 Å². The Hall–Kier alpha value is -2.95. The summed E-state index contributed by atoms with van der Waals surface area (Å²) in [7, 11) is 1.46. The number of benzene rings is 2. The van der Waals surface area contributed by atoms with Crippen LogP contribution in [0.4, 0.5) is 0 Å². The van der Waals surface area contributed by atoms with Crippen molar-refractivity contribution in [3.63, 3.8) is 0 Å². The van der Waals surface area contributed by atoms with Crippen molar-refractivity contribution < 1.29 is 24.5 Å². The number of rotatable bonds is 2. The Morgan fingerprint density at radius 2 is 1.71 bits per heavy atom. The molecule has 1 aromatic heterocycles. The maximum Gasteiger partial charge on any atom is 0.368 e. The zero-order valence-corrected chi connectivity index (χ0v) is 11.2. The topological polar surface area (TPSA) is 81.2 Å². The number of ether oxygens (including phenoxy) is 1. The van der Waals surface area contributed by atoms with E-state index in [1.165, 1.54) is 25.3 Å². The van der Waals surface area contributed by atoms with Crippen LogP contribution < -0.4 is 4.74 Å². The molecule has 5 nitrogen and oxygen atoms in total. The van der Waals surface area contributed by atoms with E-state index >= 15 is 0 Å². The Bertz CT molecular complexity index is 826. The van der Waals surface area contributed by atoms with Gasteiger partial charge in [0, 0.05) is 18.2 Å². The lowest BCUT2D eigenvalue weighted by atomic mass is 10.1. The maximum absolute atomic E-state index is 9.76. The monoisotopic (exact) mass is 285 g/mol. The maximum atomic E-state index is 9.76. The molecule has 0 amide bonds.